The van der Waals surface area contributed by atoms with Gasteiger partial charge in [-0.05, 0) is 18.2 Å². The van der Waals surface area contributed by atoms with E-state index in [0.29, 0.717) is 0 Å². The summed E-state index contributed by atoms with van der Waals surface area (Å²) in [7, 11) is 0. The Hall–Kier alpha value is -2.80. The Morgan fingerprint density at radius 1 is 1.35 bits per heavy atom. The lowest BCUT2D eigenvalue weighted by Crippen LogP contribution is -2.29. The van der Waals surface area contributed by atoms with Gasteiger partial charge in [0.25, 0.3) is 5.91 Å². The molecule has 20 heavy (non-hydrogen) atoms. The highest BCUT2D eigenvalue weighted by Crippen LogP contribution is 2.16. The van der Waals surface area contributed by atoms with Crippen LogP contribution in [0.4, 0.5) is 13.2 Å². The molecule has 0 heterocycles. The van der Waals surface area contributed by atoms with Crippen molar-refractivity contribution in [1.29, 1.82) is 5.26 Å². The summed E-state index contributed by atoms with van der Waals surface area (Å²) in [6, 6.07) is 5.65. The second-order valence-corrected chi connectivity index (χ2v) is 3.12. The van der Waals surface area contributed by atoms with Gasteiger partial charge in [-0.25, -0.2) is 10.6 Å². The Kier molecular flexibility index (Phi) is 5.98. The number of phenols is 1. The number of nitriles is 1. The molecule has 0 bridgehead atoms. The molecule has 0 unspecified atom stereocenters. The fraction of sp³-hybridized carbons (Fsp3) is 0.100. The van der Waals surface area contributed by atoms with E-state index in [1.54, 1.807) is 6.07 Å². The van der Waals surface area contributed by atoms with Gasteiger partial charge in [0.2, 0.25) is 0 Å². The second-order valence-electron chi connectivity index (χ2n) is 3.12. The summed E-state index contributed by atoms with van der Waals surface area (Å²) in [4.78, 5) is 19.9. The average Bonchev–Trinajstić information content (AvgIpc) is 2.38. The van der Waals surface area contributed by atoms with E-state index in [1.807, 2.05) is 5.43 Å². The predicted molar refractivity (Wildman–Crippen MR) is 58.2 cm³/mol. The van der Waals surface area contributed by atoms with Crippen molar-refractivity contribution in [2.45, 2.75) is 6.18 Å². The van der Waals surface area contributed by atoms with E-state index in [2.05, 4.69) is 0 Å². The van der Waals surface area contributed by atoms with Gasteiger partial charge in [-0.3, -0.25) is 10.2 Å². The number of nitrogens with two attached hydrogens (primary N) is 1. The van der Waals surface area contributed by atoms with E-state index in [1.165, 1.54) is 18.2 Å². The number of hydrogen-bond donors (Lipinski definition) is 4. The van der Waals surface area contributed by atoms with E-state index in [4.69, 9.17) is 26.1 Å². The van der Waals surface area contributed by atoms with Crippen molar-refractivity contribution in [1.82, 2.24) is 5.43 Å². The Balaban J connectivity index is 0.000000441. The Labute approximate surface area is 110 Å². The molecular weight excluding hydrogens is 283 g/mol. The normalized spacial score (nSPS) is 9.75. The van der Waals surface area contributed by atoms with Crippen LogP contribution in [-0.4, -0.2) is 28.3 Å². The fourth-order valence-corrected chi connectivity index (χ4v) is 0.850. The summed E-state index contributed by atoms with van der Waals surface area (Å²) >= 11 is 0. The van der Waals surface area contributed by atoms with Gasteiger partial charge in [0.15, 0.2) is 0 Å². The molecule has 0 spiro atoms. The first-order valence-electron chi connectivity index (χ1n) is 4.67. The summed E-state index contributed by atoms with van der Waals surface area (Å²) in [6.45, 7) is 0. The van der Waals surface area contributed by atoms with Crippen molar-refractivity contribution in [3.05, 3.63) is 29.3 Å². The van der Waals surface area contributed by atoms with Crippen LogP contribution in [0.15, 0.2) is 18.2 Å². The molecule has 0 saturated heterocycles. The number of carboxylic acids is 1. The minimum Gasteiger partial charge on any atom is -0.507 e. The summed E-state index contributed by atoms with van der Waals surface area (Å²) in [5.74, 6) is 1.47. The van der Waals surface area contributed by atoms with E-state index in [9.17, 15) is 18.0 Å². The van der Waals surface area contributed by atoms with Gasteiger partial charge in [0.1, 0.15) is 11.8 Å². The Morgan fingerprint density at radius 2 is 1.85 bits per heavy atom. The number of alkyl halides is 3. The summed E-state index contributed by atoms with van der Waals surface area (Å²) in [5.41, 5.74) is 2.20. The van der Waals surface area contributed by atoms with Crippen LogP contribution in [0.3, 0.4) is 0 Å². The second kappa shape index (κ2) is 6.95. The number of hydrazine groups is 1. The van der Waals surface area contributed by atoms with Crippen molar-refractivity contribution in [2.75, 3.05) is 0 Å². The maximum absolute atomic E-state index is 11.0. The largest absolute Gasteiger partial charge is 0.507 e. The van der Waals surface area contributed by atoms with Gasteiger partial charge in [-0.2, -0.15) is 18.4 Å². The number of nitrogens with one attached hydrogen (secondary N) is 1. The highest BCUT2D eigenvalue weighted by atomic mass is 19.4. The number of hydrogen-bond acceptors (Lipinski definition) is 5. The molecule has 0 fully saturated rings. The van der Waals surface area contributed by atoms with Crippen molar-refractivity contribution < 1.29 is 33.0 Å². The zero-order chi connectivity index (χ0) is 15.9. The van der Waals surface area contributed by atoms with Crippen LogP contribution in [0.1, 0.15) is 15.9 Å². The van der Waals surface area contributed by atoms with Crippen LogP contribution in [0.2, 0.25) is 0 Å². The van der Waals surface area contributed by atoms with E-state index < -0.39 is 18.1 Å². The van der Waals surface area contributed by atoms with Gasteiger partial charge in [0.05, 0.1) is 5.56 Å². The molecule has 0 saturated carbocycles. The zero-order valence-electron chi connectivity index (χ0n) is 9.60. The summed E-state index contributed by atoms with van der Waals surface area (Å²) in [6.07, 6.45) is -5.08. The molecule has 10 heteroatoms. The third-order valence-electron chi connectivity index (χ3n) is 1.75. The van der Waals surface area contributed by atoms with E-state index in [0.717, 1.165) is 0 Å². The number of nitrogens with zero attached hydrogens (tertiary/aromatic N) is 1. The van der Waals surface area contributed by atoms with Gasteiger partial charge < -0.3 is 10.2 Å². The lowest BCUT2D eigenvalue weighted by molar-refractivity contribution is -0.192. The van der Waals surface area contributed by atoms with Gasteiger partial charge >= 0.3 is 12.1 Å². The van der Waals surface area contributed by atoms with Crippen molar-refractivity contribution in [3.63, 3.8) is 0 Å². The third-order valence-corrected chi connectivity index (χ3v) is 1.75. The van der Waals surface area contributed by atoms with Crippen LogP contribution in [0.25, 0.3) is 0 Å². The van der Waals surface area contributed by atoms with Crippen molar-refractivity contribution >= 4 is 11.9 Å². The quantitative estimate of drug-likeness (QED) is 0.338. The van der Waals surface area contributed by atoms with Crippen LogP contribution in [0.5, 0.6) is 5.75 Å². The van der Waals surface area contributed by atoms with E-state index in [-0.39, 0.29) is 16.9 Å². The van der Waals surface area contributed by atoms with Crippen molar-refractivity contribution in [3.8, 4) is 11.8 Å². The average molecular weight is 291 g/mol. The zero-order valence-corrected chi connectivity index (χ0v) is 9.60. The first-order valence-corrected chi connectivity index (χ1v) is 4.67. The summed E-state index contributed by atoms with van der Waals surface area (Å²) in [5, 5.41) is 24.8. The van der Waals surface area contributed by atoms with Gasteiger partial charge in [-0.15, -0.1) is 0 Å². The Morgan fingerprint density at radius 3 is 2.20 bits per heavy atom. The third kappa shape index (κ3) is 5.23. The summed E-state index contributed by atoms with van der Waals surface area (Å²) < 4.78 is 31.7. The number of halogens is 3. The number of carbonyl (C=O) groups excluding carboxylic acids is 1. The number of carbonyl (C=O) groups is 2. The lowest BCUT2D eigenvalue weighted by atomic mass is 10.1. The molecular formula is C10H8F3N3O4. The SMILES string of the molecule is N#Cc1cc(C(=O)NN)ccc1O.O=C(O)C(F)(F)F. The molecule has 108 valence electrons. The molecule has 0 aliphatic carbocycles. The standard InChI is InChI=1S/C8H7N3O2.C2HF3O2/c9-4-6-3-5(8(13)11-10)1-2-7(6)12;3-2(4,5)1(6)7/h1-3,12H,10H2,(H,11,13);(H,6,7). The first kappa shape index (κ1) is 17.2. The monoisotopic (exact) mass is 291 g/mol. The number of aliphatic carboxylic acids is 1. The first-order chi connectivity index (χ1) is 9.13. The highest BCUT2D eigenvalue weighted by molar-refractivity contribution is 5.94. The van der Waals surface area contributed by atoms with Gasteiger partial charge in [-0.1, -0.05) is 0 Å². The number of aromatic hydroxyl groups is 1. The fourth-order valence-electron chi connectivity index (χ4n) is 0.850. The van der Waals surface area contributed by atoms with Crippen molar-refractivity contribution in [2.24, 2.45) is 5.84 Å². The molecule has 7 nitrogen and oxygen atoms in total. The molecule has 0 atom stereocenters. The molecule has 1 aromatic rings. The molecule has 1 amide bonds. The minimum absolute atomic E-state index is 0.0427. The number of benzene rings is 1. The molecule has 0 aliphatic rings. The van der Waals surface area contributed by atoms with Crippen LogP contribution < -0.4 is 11.3 Å². The number of nitrogen functional groups attached to an aromatic ring is 1. The molecule has 0 radical (unpaired) electrons. The maximum Gasteiger partial charge on any atom is 0.490 e. The smallest absolute Gasteiger partial charge is 0.490 e. The van der Waals surface area contributed by atoms with Gasteiger partial charge in [0, 0.05) is 5.56 Å². The van der Waals surface area contributed by atoms with Crippen LogP contribution in [-0.2, 0) is 4.79 Å². The van der Waals surface area contributed by atoms with E-state index >= 15 is 0 Å². The Bertz CT molecular complexity index is 552. The maximum atomic E-state index is 11.0. The lowest BCUT2D eigenvalue weighted by Gasteiger charge is -2.00. The molecule has 1 aromatic carbocycles. The molecule has 1 rings (SSSR count). The minimum atomic E-state index is -5.08. The number of phenolic OH excluding ortho intramolecular Hbond substituents is 1. The predicted octanol–water partition coefficient (Wildman–Crippen LogP) is 0.501. The molecule has 5 N–H and O–H groups in total. The number of amides is 1. The number of rotatable bonds is 1. The number of carboxylic acid groups (broad SMARTS) is 1. The highest BCUT2D eigenvalue weighted by Gasteiger charge is 2.38. The van der Waals surface area contributed by atoms with Crippen LogP contribution >= 0.6 is 0 Å². The topological polar surface area (TPSA) is 136 Å². The molecule has 0 aromatic heterocycles. The van der Waals surface area contributed by atoms with Crippen LogP contribution in [0, 0.1) is 11.3 Å². The molecule has 0 aliphatic heterocycles.